The molecule has 2 heterocycles. The fraction of sp³-hybridized carbons (Fsp3) is 0.600. The summed E-state index contributed by atoms with van der Waals surface area (Å²) in [6.45, 7) is 7.75. The predicted octanol–water partition coefficient (Wildman–Crippen LogP) is 0.479. The van der Waals surface area contributed by atoms with E-state index in [1.54, 1.807) is 34.8 Å². The van der Waals surface area contributed by atoms with Crippen molar-refractivity contribution in [1.29, 1.82) is 0 Å². The highest BCUT2D eigenvalue weighted by Gasteiger charge is 2.52. The Bertz CT molecular complexity index is 1360. The largest absolute Gasteiger partial charge is 0.497 e. The molecule has 2 aliphatic rings. The highest BCUT2D eigenvalue weighted by Crippen LogP contribution is 2.47. The zero-order chi connectivity index (χ0) is 35.1. The maximum atomic E-state index is 13.5. The van der Waals surface area contributed by atoms with Crippen molar-refractivity contribution in [2.24, 2.45) is 11.7 Å². The third-order valence-electron chi connectivity index (χ3n) is 7.94. The highest BCUT2D eigenvalue weighted by atomic mass is 32.2. The molecule has 260 valence electrons. The van der Waals surface area contributed by atoms with Gasteiger partial charge in [-0.15, -0.1) is 0 Å². The number of carbonyl (C=O) groups is 6. The third kappa shape index (κ3) is 9.63. The normalized spacial score (nSPS) is 20.0. The van der Waals surface area contributed by atoms with Crippen LogP contribution in [-0.4, -0.2) is 101 Å². The van der Waals surface area contributed by atoms with Crippen molar-refractivity contribution in [3.63, 3.8) is 0 Å². The second kappa shape index (κ2) is 16.0. The molecule has 0 saturated carbocycles. The summed E-state index contributed by atoms with van der Waals surface area (Å²) in [7, 11) is 1.56. The standard InChI is InChI=1S/C30H45N7O9S/c1-7-15(2)24(28(42)33-12-22(38)34-20(14-47-44)25(31)40)36-23(39)13-32-27(41)21-11-18-17-9-8-16(45-6)10-19(17)35-26(18)37(21)29(43)46-30(3,4)5/h8-10,15,18,20-21,24,26,35,44H,7,11-14H2,1-6H3,(H2,31,40)(H,32,41)(H,33,42)(H,34,38)(H,36,39)/t15-,18?,20-,21?,24+,26?/m0/s1. The lowest BCUT2D eigenvalue weighted by atomic mass is 9.96. The van der Waals surface area contributed by atoms with Gasteiger partial charge in [-0.25, -0.2) is 4.79 Å². The van der Waals surface area contributed by atoms with Crippen molar-refractivity contribution in [3.8, 4) is 5.75 Å². The topological polar surface area (TPSA) is 231 Å². The number of fused-ring (bicyclic) bond motifs is 3. The van der Waals surface area contributed by atoms with E-state index in [0.717, 1.165) is 11.3 Å². The van der Waals surface area contributed by atoms with Gasteiger partial charge in [-0.3, -0.25) is 28.9 Å². The number of amides is 6. The fourth-order valence-corrected chi connectivity index (χ4v) is 5.80. The summed E-state index contributed by atoms with van der Waals surface area (Å²) in [4.78, 5) is 77.8. The van der Waals surface area contributed by atoms with Gasteiger partial charge in [0.1, 0.15) is 35.6 Å². The molecule has 0 radical (unpaired) electrons. The zero-order valence-corrected chi connectivity index (χ0v) is 28.2. The molecule has 2 aliphatic heterocycles. The summed E-state index contributed by atoms with van der Waals surface area (Å²) in [5.41, 5.74) is 6.09. The lowest BCUT2D eigenvalue weighted by Crippen LogP contribution is -2.56. The van der Waals surface area contributed by atoms with Gasteiger partial charge in [-0.1, -0.05) is 26.3 Å². The minimum atomic E-state index is -1.14. The van der Waals surface area contributed by atoms with Gasteiger partial charge in [-0.2, -0.15) is 0 Å². The summed E-state index contributed by atoms with van der Waals surface area (Å²) in [6, 6.07) is 2.40. The van der Waals surface area contributed by atoms with Crippen molar-refractivity contribution in [2.45, 2.75) is 83.3 Å². The molecular weight excluding hydrogens is 634 g/mol. The van der Waals surface area contributed by atoms with Crippen LogP contribution < -0.4 is 37.1 Å². The number of rotatable bonds is 14. The molecule has 1 aromatic rings. The van der Waals surface area contributed by atoms with E-state index >= 15 is 0 Å². The molecule has 6 atom stereocenters. The SMILES string of the molecule is CC[C@H](C)[C@@H](NC(=O)CNC(=O)C1CC2c3ccc(OC)cc3NC2N1C(=O)OC(C)(C)C)C(=O)NCC(=O)N[C@@H](CSO)C(N)=O. The average Bonchev–Trinajstić information content (AvgIpc) is 3.55. The Morgan fingerprint density at radius 3 is 2.36 bits per heavy atom. The maximum Gasteiger partial charge on any atom is 0.412 e. The molecule has 1 aromatic carbocycles. The molecule has 1 fully saturated rings. The molecule has 0 spiro atoms. The Balaban J connectivity index is 1.65. The number of carbonyl (C=O) groups excluding carboxylic acids is 6. The zero-order valence-electron chi connectivity index (χ0n) is 27.4. The van der Waals surface area contributed by atoms with Gasteiger partial charge in [-0.05, 0) is 56.8 Å². The third-order valence-corrected chi connectivity index (χ3v) is 8.42. The first-order chi connectivity index (χ1) is 22.1. The Hall–Kier alpha value is -4.25. The van der Waals surface area contributed by atoms with E-state index in [-0.39, 0.29) is 24.0 Å². The smallest absolute Gasteiger partial charge is 0.412 e. The monoisotopic (exact) mass is 679 g/mol. The molecule has 3 unspecified atom stereocenters. The first-order valence-electron chi connectivity index (χ1n) is 15.3. The fourth-order valence-electron chi connectivity index (χ4n) is 5.40. The van der Waals surface area contributed by atoms with Crippen LogP contribution in [0.15, 0.2) is 18.2 Å². The van der Waals surface area contributed by atoms with Crippen molar-refractivity contribution in [2.75, 3.05) is 31.3 Å². The van der Waals surface area contributed by atoms with Crippen molar-refractivity contribution in [1.82, 2.24) is 26.2 Å². The molecule has 0 aliphatic carbocycles. The number of likely N-dealkylation sites (tertiary alicyclic amines) is 1. The molecule has 16 nitrogen and oxygen atoms in total. The van der Waals surface area contributed by atoms with Crippen LogP contribution in [0.2, 0.25) is 0 Å². The second-order valence-corrected chi connectivity index (χ2v) is 13.1. The number of ether oxygens (including phenoxy) is 2. The Morgan fingerprint density at radius 2 is 1.77 bits per heavy atom. The van der Waals surface area contributed by atoms with Gasteiger partial charge in [0.25, 0.3) is 0 Å². The van der Waals surface area contributed by atoms with E-state index in [0.29, 0.717) is 24.2 Å². The minimum Gasteiger partial charge on any atom is -0.497 e. The van der Waals surface area contributed by atoms with Crippen LogP contribution in [0.4, 0.5) is 10.5 Å². The molecule has 8 N–H and O–H groups in total. The maximum absolute atomic E-state index is 13.5. The second-order valence-electron chi connectivity index (χ2n) is 12.5. The van der Waals surface area contributed by atoms with Crippen LogP contribution in [-0.2, 0) is 28.7 Å². The average molecular weight is 680 g/mol. The summed E-state index contributed by atoms with van der Waals surface area (Å²) in [5, 5.41) is 13.3. The molecule has 6 amide bonds. The number of nitrogens with two attached hydrogens (primary N) is 1. The number of nitrogens with zero attached hydrogens (tertiary/aromatic N) is 1. The lowest BCUT2D eigenvalue weighted by molar-refractivity contribution is -0.132. The van der Waals surface area contributed by atoms with E-state index in [4.69, 9.17) is 19.8 Å². The van der Waals surface area contributed by atoms with Gasteiger partial charge < -0.3 is 46.3 Å². The Kier molecular flexibility index (Phi) is 12.7. The molecule has 17 heteroatoms. The van der Waals surface area contributed by atoms with Crippen LogP contribution in [0, 0.1) is 5.92 Å². The number of hydrogen-bond acceptors (Lipinski definition) is 11. The lowest BCUT2D eigenvalue weighted by Gasteiger charge is -2.32. The molecular formula is C30H45N7O9S. The van der Waals surface area contributed by atoms with Crippen molar-refractivity contribution >= 4 is 53.4 Å². The quantitative estimate of drug-likeness (QED) is 0.134. The van der Waals surface area contributed by atoms with E-state index in [1.807, 2.05) is 25.1 Å². The highest BCUT2D eigenvalue weighted by molar-refractivity contribution is 7.93. The first-order valence-corrected chi connectivity index (χ1v) is 16.2. The van der Waals surface area contributed by atoms with Crippen LogP contribution in [0.5, 0.6) is 5.75 Å². The molecule has 47 heavy (non-hydrogen) atoms. The number of methoxy groups -OCH3 is 1. The number of benzene rings is 1. The molecule has 0 aromatic heterocycles. The van der Waals surface area contributed by atoms with E-state index < -0.39 is 78.6 Å². The first kappa shape index (κ1) is 37.2. The number of anilines is 1. The van der Waals surface area contributed by atoms with Gasteiger partial charge in [0, 0.05) is 23.4 Å². The van der Waals surface area contributed by atoms with Crippen LogP contribution in [0.25, 0.3) is 0 Å². The van der Waals surface area contributed by atoms with Gasteiger partial charge in [0.05, 0.1) is 20.2 Å². The van der Waals surface area contributed by atoms with Gasteiger partial charge in [0.2, 0.25) is 29.5 Å². The van der Waals surface area contributed by atoms with E-state index in [2.05, 4.69) is 26.6 Å². The molecule has 3 rings (SSSR count). The minimum absolute atomic E-state index is 0.164. The summed E-state index contributed by atoms with van der Waals surface area (Å²) < 4.78 is 19.9. The summed E-state index contributed by atoms with van der Waals surface area (Å²) in [5.74, 6) is -3.53. The number of nitrogens with one attached hydrogen (secondary N) is 5. The van der Waals surface area contributed by atoms with Gasteiger partial charge in [0.15, 0.2) is 0 Å². The Morgan fingerprint density at radius 1 is 1.11 bits per heavy atom. The van der Waals surface area contributed by atoms with Crippen molar-refractivity contribution < 1.29 is 42.8 Å². The molecule has 1 saturated heterocycles. The van der Waals surface area contributed by atoms with Crippen LogP contribution >= 0.6 is 12.0 Å². The number of hydrogen-bond donors (Lipinski definition) is 7. The number of primary amides is 1. The summed E-state index contributed by atoms with van der Waals surface area (Å²) >= 11 is 0.331. The van der Waals surface area contributed by atoms with E-state index in [9.17, 15) is 28.8 Å². The van der Waals surface area contributed by atoms with Crippen LogP contribution in [0.3, 0.4) is 0 Å². The Labute approximate surface area is 277 Å². The van der Waals surface area contributed by atoms with Gasteiger partial charge >= 0.3 is 6.09 Å². The van der Waals surface area contributed by atoms with E-state index in [1.165, 1.54) is 4.90 Å². The molecule has 0 bridgehead atoms. The van der Waals surface area contributed by atoms with Crippen molar-refractivity contribution in [3.05, 3.63) is 23.8 Å². The predicted molar refractivity (Wildman–Crippen MR) is 173 cm³/mol. The van der Waals surface area contributed by atoms with Crippen LogP contribution in [0.1, 0.15) is 58.9 Å². The summed E-state index contributed by atoms with van der Waals surface area (Å²) in [6.07, 6.45) is -0.466.